The van der Waals surface area contributed by atoms with E-state index in [1.165, 1.54) is 11.1 Å². The molecule has 1 aliphatic heterocycles. The molecule has 2 heterocycles. The Morgan fingerprint density at radius 3 is 2.62 bits per heavy atom. The number of rotatable bonds is 4. The molecule has 1 aromatic heterocycles. The molecule has 0 bridgehead atoms. The van der Waals surface area contributed by atoms with Crippen LogP contribution in [-0.4, -0.2) is 23.7 Å². The molecular formula is C21H21N5. The largest absolute Gasteiger partial charge is 0.346 e. The van der Waals surface area contributed by atoms with E-state index in [2.05, 4.69) is 40.6 Å². The summed E-state index contributed by atoms with van der Waals surface area (Å²) in [6.07, 6.45) is 8.61. The molecule has 5 nitrogen and oxygen atoms in total. The molecule has 2 aromatic rings. The summed E-state index contributed by atoms with van der Waals surface area (Å²) in [5, 5.41) is 10.2. The highest BCUT2D eigenvalue weighted by atomic mass is 15.0. The Hall–Kier alpha value is -3.05. The number of hydrogen-bond acceptors (Lipinski definition) is 3. The number of hydrogen-bond donors (Lipinski definition) is 3. The van der Waals surface area contributed by atoms with Gasteiger partial charge in [-0.05, 0) is 48.3 Å². The van der Waals surface area contributed by atoms with Crippen LogP contribution in [0.2, 0.25) is 0 Å². The van der Waals surface area contributed by atoms with E-state index in [1.807, 2.05) is 30.5 Å². The number of amidine groups is 1. The van der Waals surface area contributed by atoms with Crippen molar-refractivity contribution in [3.8, 4) is 0 Å². The van der Waals surface area contributed by atoms with Crippen LogP contribution in [0.1, 0.15) is 22.5 Å². The van der Waals surface area contributed by atoms with Crippen LogP contribution < -0.4 is 11.1 Å². The molecule has 0 fully saturated rings. The number of fused-ring (bicyclic) bond motifs is 1. The van der Waals surface area contributed by atoms with Gasteiger partial charge in [-0.2, -0.15) is 0 Å². The molecule has 2 aliphatic rings. The third kappa shape index (κ3) is 2.86. The SMILES string of the molecule is N=C/N=C1/NC=C/C1=C\c1cccc(C2(CN)Cc3ccccc3C2)n1. The lowest BCUT2D eigenvalue weighted by atomic mass is 9.81. The topological polar surface area (TPSA) is 87.2 Å². The minimum atomic E-state index is -0.145. The van der Waals surface area contributed by atoms with Gasteiger partial charge in [0, 0.05) is 29.4 Å². The molecule has 1 aromatic carbocycles. The van der Waals surface area contributed by atoms with Crippen LogP contribution in [0, 0.1) is 5.41 Å². The van der Waals surface area contributed by atoms with Crippen molar-refractivity contribution in [2.45, 2.75) is 18.3 Å². The molecule has 130 valence electrons. The third-order valence-corrected chi connectivity index (χ3v) is 5.13. The summed E-state index contributed by atoms with van der Waals surface area (Å²) < 4.78 is 0. The first-order valence-electron chi connectivity index (χ1n) is 8.70. The van der Waals surface area contributed by atoms with E-state index in [0.29, 0.717) is 12.4 Å². The fraction of sp³-hybridized carbons (Fsp3) is 0.190. The van der Waals surface area contributed by atoms with Crippen molar-refractivity contribution in [1.82, 2.24) is 10.3 Å². The van der Waals surface area contributed by atoms with Crippen LogP contribution in [0.4, 0.5) is 0 Å². The Balaban J connectivity index is 1.69. The molecule has 0 atom stereocenters. The molecule has 1 aliphatic carbocycles. The second-order valence-electron chi connectivity index (χ2n) is 6.74. The number of aliphatic imine (C=N–C) groups is 1. The van der Waals surface area contributed by atoms with Gasteiger partial charge in [0.1, 0.15) is 12.2 Å². The molecule has 0 amide bonds. The maximum absolute atomic E-state index is 7.16. The van der Waals surface area contributed by atoms with Crippen molar-refractivity contribution in [3.63, 3.8) is 0 Å². The number of benzene rings is 1. The summed E-state index contributed by atoms with van der Waals surface area (Å²) in [7, 11) is 0. The maximum Gasteiger partial charge on any atom is 0.139 e. The first kappa shape index (κ1) is 16.4. The van der Waals surface area contributed by atoms with Crippen molar-refractivity contribution in [2.24, 2.45) is 10.7 Å². The van der Waals surface area contributed by atoms with Gasteiger partial charge in [0.15, 0.2) is 0 Å². The Bertz CT molecular complexity index is 914. The lowest BCUT2D eigenvalue weighted by Crippen LogP contribution is -2.37. The summed E-state index contributed by atoms with van der Waals surface area (Å²) in [4.78, 5) is 8.94. The minimum absolute atomic E-state index is 0.145. The average Bonchev–Trinajstić information content (AvgIpc) is 3.27. The number of aromatic nitrogens is 1. The second kappa shape index (κ2) is 6.69. The number of pyridine rings is 1. The Morgan fingerprint density at radius 1 is 1.15 bits per heavy atom. The predicted molar refractivity (Wildman–Crippen MR) is 105 cm³/mol. The van der Waals surface area contributed by atoms with Gasteiger partial charge < -0.3 is 11.1 Å². The Labute approximate surface area is 152 Å². The zero-order valence-electron chi connectivity index (χ0n) is 14.4. The van der Waals surface area contributed by atoms with Crippen LogP contribution in [0.3, 0.4) is 0 Å². The van der Waals surface area contributed by atoms with E-state index < -0.39 is 0 Å². The summed E-state index contributed by atoms with van der Waals surface area (Å²) in [6.45, 7) is 0.566. The molecule has 5 heteroatoms. The minimum Gasteiger partial charge on any atom is -0.346 e. The normalized spacial score (nSPS) is 20.3. The number of nitrogens with two attached hydrogens (primary N) is 1. The molecule has 0 radical (unpaired) electrons. The Morgan fingerprint density at radius 2 is 1.92 bits per heavy atom. The predicted octanol–water partition coefficient (Wildman–Crippen LogP) is 2.58. The van der Waals surface area contributed by atoms with E-state index in [9.17, 15) is 0 Å². The van der Waals surface area contributed by atoms with Gasteiger partial charge in [-0.1, -0.05) is 30.3 Å². The maximum atomic E-state index is 7.16. The molecule has 0 saturated heterocycles. The highest BCUT2D eigenvalue weighted by molar-refractivity contribution is 6.09. The zero-order chi connectivity index (χ0) is 18.0. The summed E-state index contributed by atoms with van der Waals surface area (Å²) in [6, 6.07) is 14.6. The van der Waals surface area contributed by atoms with Crippen molar-refractivity contribution in [3.05, 3.63) is 82.8 Å². The van der Waals surface area contributed by atoms with Gasteiger partial charge in [-0.15, -0.1) is 0 Å². The third-order valence-electron chi connectivity index (χ3n) is 5.13. The van der Waals surface area contributed by atoms with Gasteiger partial charge in [-0.3, -0.25) is 10.4 Å². The lowest BCUT2D eigenvalue weighted by molar-refractivity contribution is 0.449. The number of nitrogens with zero attached hydrogens (tertiary/aromatic N) is 2. The monoisotopic (exact) mass is 343 g/mol. The molecule has 0 saturated carbocycles. The van der Waals surface area contributed by atoms with Gasteiger partial charge in [0.05, 0.1) is 5.69 Å². The zero-order valence-corrected chi connectivity index (χ0v) is 14.4. The van der Waals surface area contributed by atoms with E-state index in [0.717, 1.165) is 36.1 Å². The highest BCUT2D eigenvalue weighted by Crippen LogP contribution is 2.38. The molecule has 4 N–H and O–H groups in total. The first-order chi connectivity index (χ1) is 12.7. The molecular weight excluding hydrogens is 322 g/mol. The quantitative estimate of drug-likeness (QED) is 0.589. The van der Waals surface area contributed by atoms with E-state index in [1.54, 1.807) is 0 Å². The van der Waals surface area contributed by atoms with Crippen LogP contribution in [0.5, 0.6) is 0 Å². The summed E-state index contributed by atoms with van der Waals surface area (Å²) >= 11 is 0. The van der Waals surface area contributed by atoms with Crippen LogP contribution in [0.25, 0.3) is 6.08 Å². The van der Waals surface area contributed by atoms with Crippen molar-refractivity contribution < 1.29 is 0 Å². The van der Waals surface area contributed by atoms with Crippen LogP contribution in [-0.2, 0) is 18.3 Å². The molecule has 0 spiro atoms. The fourth-order valence-electron chi connectivity index (χ4n) is 3.78. The summed E-state index contributed by atoms with van der Waals surface area (Å²) in [5.74, 6) is 0.661. The van der Waals surface area contributed by atoms with Crippen LogP contribution >= 0.6 is 0 Å². The van der Waals surface area contributed by atoms with Gasteiger partial charge >= 0.3 is 0 Å². The van der Waals surface area contributed by atoms with Crippen LogP contribution in [0.15, 0.2) is 65.3 Å². The standard InChI is InChI=1S/C21H21N5/c22-13-21(11-16-4-1-2-5-17(16)12-21)19-7-3-6-18(26-19)10-15-8-9-24-20(15)25-14-23/h1-10,14H,11-13,22H2,(H2,23,24,25)/b15-10+. The fourth-order valence-corrected chi connectivity index (χ4v) is 3.78. The average molecular weight is 343 g/mol. The second-order valence-corrected chi connectivity index (χ2v) is 6.74. The van der Waals surface area contributed by atoms with E-state index in [4.69, 9.17) is 16.1 Å². The van der Waals surface area contributed by atoms with E-state index in [-0.39, 0.29) is 5.41 Å². The lowest BCUT2D eigenvalue weighted by Gasteiger charge is -2.27. The van der Waals surface area contributed by atoms with E-state index >= 15 is 0 Å². The molecule has 4 rings (SSSR count). The molecule has 26 heavy (non-hydrogen) atoms. The highest BCUT2D eigenvalue weighted by Gasteiger charge is 2.38. The van der Waals surface area contributed by atoms with Gasteiger partial charge in [-0.25, -0.2) is 4.99 Å². The van der Waals surface area contributed by atoms with Crippen molar-refractivity contribution >= 4 is 18.3 Å². The molecule has 0 unspecified atom stereocenters. The van der Waals surface area contributed by atoms with Gasteiger partial charge in [0.2, 0.25) is 0 Å². The Kier molecular flexibility index (Phi) is 4.22. The first-order valence-corrected chi connectivity index (χ1v) is 8.70. The smallest absolute Gasteiger partial charge is 0.139 e. The number of nitrogens with one attached hydrogen (secondary N) is 2. The summed E-state index contributed by atoms with van der Waals surface area (Å²) in [5.41, 5.74) is 11.6. The van der Waals surface area contributed by atoms with Gasteiger partial charge in [0.25, 0.3) is 0 Å². The van der Waals surface area contributed by atoms with Crippen molar-refractivity contribution in [2.75, 3.05) is 6.54 Å². The van der Waals surface area contributed by atoms with Crippen molar-refractivity contribution in [1.29, 1.82) is 5.41 Å².